The Bertz CT molecular complexity index is 253. The summed E-state index contributed by atoms with van der Waals surface area (Å²) in [6.07, 6.45) is 1.41. The first-order valence-electron chi connectivity index (χ1n) is 4.27. The fraction of sp³-hybridized carbons (Fsp3) is 0.571. The molecule has 0 amide bonds. The Morgan fingerprint density at radius 1 is 1.38 bits per heavy atom. The third-order valence-corrected chi connectivity index (χ3v) is 1.77. The molecule has 0 aliphatic rings. The van der Waals surface area contributed by atoms with E-state index in [-0.39, 0.29) is 0 Å². The van der Waals surface area contributed by atoms with Crippen LogP contribution in [0.3, 0.4) is 0 Å². The average Bonchev–Trinajstić information content (AvgIpc) is 2.46. The first kappa shape index (κ1) is 10.1. The maximum absolute atomic E-state index is 8.66. The highest BCUT2D eigenvalue weighted by Crippen LogP contribution is 2.22. The largest absolute Gasteiger partial charge is 0.707 e. The SMILES string of the molecule is CCc1n[nH]c(CC)c1OB(O)O. The van der Waals surface area contributed by atoms with Gasteiger partial charge in [0.25, 0.3) is 0 Å². The number of hydrogen-bond acceptors (Lipinski definition) is 4. The minimum absolute atomic E-state index is 0.458. The molecule has 0 aromatic carbocycles. The molecule has 0 aliphatic heterocycles. The molecule has 3 N–H and O–H groups in total. The second kappa shape index (κ2) is 4.29. The van der Waals surface area contributed by atoms with Crippen molar-refractivity contribution in [1.29, 1.82) is 0 Å². The highest BCUT2D eigenvalue weighted by Gasteiger charge is 2.18. The molecular weight excluding hydrogens is 171 g/mol. The van der Waals surface area contributed by atoms with Crippen molar-refractivity contribution in [2.24, 2.45) is 0 Å². The van der Waals surface area contributed by atoms with Crippen molar-refractivity contribution >= 4 is 7.32 Å². The molecule has 0 atom stereocenters. The number of aromatic amines is 1. The van der Waals surface area contributed by atoms with Crippen LogP contribution in [0.15, 0.2) is 0 Å². The van der Waals surface area contributed by atoms with Gasteiger partial charge in [-0.15, -0.1) is 0 Å². The van der Waals surface area contributed by atoms with Crippen LogP contribution in [0.1, 0.15) is 25.2 Å². The summed E-state index contributed by atoms with van der Waals surface area (Å²) in [4.78, 5) is 0. The van der Waals surface area contributed by atoms with Gasteiger partial charge in [-0.3, -0.25) is 5.10 Å². The lowest BCUT2D eigenvalue weighted by Crippen LogP contribution is -2.21. The van der Waals surface area contributed by atoms with Crippen molar-refractivity contribution in [3.05, 3.63) is 11.4 Å². The normalized spacial score (nSPS) is 10.2. The van der Waals surface area contributed by atoms with Gasteiger partial charge in [0.1, 0.15) is 11.4 Å². The third-order valence-electron chi connectivity index (χ3n) is 1.77. The third kappa shape index (κ3) is 2.23. The Morgan fingerprint density at radius 3 is 2.54 bits per heavy atom. The zero-order valence-corrected chi connectivity index (χ0v) is 7.74. The molecule has 1 heterocycles. The minimum Gasteiger partial charge on any atom is -0.509 e. The van der Waals surface area contributed by atoms with Crippen molar-refractivity contribution in [3.8, 4) is 5.75 Å². The van der Waals surface area contributed by atoms with Crippen LogP contribution >= 0.6 is 0 Å². The van der Waals surface area contributed by atoms with Gasteiger partial charge in [0.15, 0.2) is 0 Å². The molecule has 0 spiro atoms. The van der Waals surface area contributed by atoms with Gasteiger partial charge in [0, 0.05) is 0 Å². The summed E-state index contributed by atoms with van der Waals surface area (Å²) in [5, 5.41) is 24.1. The smallest absolute Gasteiger partial charge is 0.509 e. The van der Waals surface area contributed by atoms with E-state index in [1.807, 2.05) is 13.8 Å². The van der Waals surface area contributed by atoms with Gasteiger partial charge in [-0.1, -0.05) is 13.8 Å². The molecule has 0 unspecified atom stereocenters. The summed E-state index contributed by atoms with van der Waals surface area (Å²) in [6, 6.07) is 0. The molecule has 1 aromatic rings. The van der Waals surface area contributed by atoms with E-state index in [1.54, 1.807) is 0 Å². The van der Waals surface area contributed by atoms with E-state index in [4.69, 9.17) is 14.7 Å². The summed E-state index contributed by atoms with van der Waals surface area (Å²) in [7, 11) is -1.78. The molecule has 0 fully saturated rings. The lowest BCUT2D eigenvalue weighted by molar-refractivity contribution is 0.286. The minimum atomic E-state index is -1.78. The fourth-order valence-corrected chi connectivity index (χ4v) is 1.13. The van der Waals surface area contributed by atoms with Gasteiger partial charge in [-0.05, 0) is 12.8 Å². The Labute approximate surface area is 76.9 Å². The van der Waals surface area contributed by atoms with Crippen LogP contribution in [0.5, 0.6) is 5.75 Å². The number of aryl methyl sites for hydroxylation is 2. The topological polar surface area (TPSA) is 78.4 Å². The summed E-state index contributed by atoms with van der Waals surface area (Å²) in [5.41, 5.74) is 1.50. The van der Waals surface area contributed by atoms with Crippen molar-refractivity contribution < 1.29 is 14.7 Å². The van der Waals surface area contributed by atoms with E-state index < -0.39 is 7.32 Å². The van der Waals surface area contributed by atoms with Crippen molar-refractivity contribution in [1.82, 2.24) is 10.2 Å². The highest BCUT2D eigenvalue weighted by molar-refractivity contribution is 6.33. The standard InChI is InChI=1S/C7H13BN2O3/c1-3-5-7(13-8(11)12)6(4-2)10-9-5/h11-12H,3-4H2,1-2H3,(H,9,10). The van der Waals surface area contributed by atoms with Crippen LogP contribution < -0.4 is 4.65 Å². The predicted molar refractivity (Wildman–Crippen MR) is 48.2 cm³/mol. The lowest BCUT2D eigenvalue weighted by Gasteiger charge is -2.05. The number of aromatic nitrogens is 2. The van der Waals surface area contributed by atoms with Gasteiger partial charge in [-0.25, -0.2) is 0 Å². The molecule has 0 aliphatic carbocycles. The summed E-state index contributed by atoms with van der Waals surface area (Å²) >= 11 is 0. The van der Waals surface area contributed by atoms with Crippen LogP contribution in [0.2, 0.25) is 0 Å². The van der Waals surface area contributed by atoms with Crippen LogP contribution in [0.4, 0.5) is 0 Å². The maximum Gasteiger partial charge on any atom is 0.707 e. The molecule has 1 aromatic heterocycles. The molecule has 6 heteroatoms. The second-order valence-electron chi connectivity index (χ2n) is 2.63. The van der Waals surface area contributed by atoms with Crippen LogP contribution in [0, 0.1) is 0 Å². The Hall–Kier alpha value is -1.01. The second-order valence-corrected chi connectivity index (χ2v) is 2.63. The average molecular weight is 184 g/mol. The first-order chi connectivity index (χ1) is 6.19. The number of rotatable bonds is 4. The van der Waals surface area contributed by atoms with Crippen LogP contribution in [-0.2, 0) is 12.8 Å². The monoisotopic (exact) mass is 184 g/mol. The maximum atomic E-state index is 8.66. The number of nitrogens with one attached hydrogen (secondary N) is 1. The summed E-state index contributed by atoms with van der Waals surface area (Å²) in [5.74, 6) is 0.458. The predicted octanol–water partition coefficient (Wildman–Crippen LogP) is -0.117. The number of nitrogens with zero attached hydrogens (tertiary/aromatic N) is 1. The summed E-state index contributed by atoms with van der Waals surface area (Å²) < 4.78 is 4.82. The van der Waals surface area contributed by atoms with Crippen molar-refractivity contribution in [3.63, 3.8) is 0 Å². The van der Waals surface area contributed by atoms with E-state index in [2.05, 4.69) is 10.2 Å². The molecule has 1 rings (SSSR count). The van der Waals surface area contributed by atoms with Gasteiger partial charge in [0.05, 0.1) is 5.69 Å². The van der Waals surface area contributed by atoms with Crippen LogP contribution in [-0.4, -0.2) is 27.6 Å². The van der Waals surface area contributed by atoms with Gasteiger partial charge >= 0.3 is 7.32 Å². The number of H-pyrrole nitrogens is 1. The first-order valence-corrected chi connectivity index (χ1v) is 4.27. The fourth-order valence-electron chi connectivity index (χ4n) is 1.13. The molecule has 72 valence electrons. The Balaban J connectivity index is 2.91. The van der Waals surface area contributed by atoms with E-state index in [0.29, 0.717) is 17.9 Å². The van der Waals surface area contributed by atoms with Gasteiger partial charge < -0.3 is 14.7 Å². The molecule has 0 saturated heterocycles. The molecule has 0 saturated carbocycles. The zero-order valence-electron chi connectivity index (χ0n) is 7.74. The van der Waals surface area contributed by atoms with E-state index in [0.717, 1.165) is 12.1 Å². The molecule has 0 radical (unpaired) electrons. The van der Waals surface area contributed by atoms with E-state index >= 15 is 0 Å². The Kier molecular flexibility index (Phi) is 3.33. The highest BCUT2D eigenvalue weighted by atomic mass is 16.6. The van der Waals surface area contributed by atoms with Crippen molar-refractivity contribution in [2.45, 2.75) is 26.7 Å². The summed E-state index contributed by atoms with van der Waals surface area (Å²) in [6.45, 7) is 3.86. The quantitative estimate of drug-likeness (QED) is 0.570. The van der Waals surface area contributed by atoms with E-state index in [1.165, 1.54) is 0 Å². The van der Waals surface area contributed by atoms with Gasteiger partial charge in [0.2, 0.25) is 0 Å². The lowest BCUT2D eigenvalue weighted by atomic mass is 10.2. The number of hydrogen-bond donors (Lipinski definition) is 3. The molecule has 5 nitrogen and oxygen atoms in total. The van der Waals surface area contributed by atoms with Crippen LogP contribution in [0.25, 0.3) is 0 Å². The van der Waals surface area contributed by atoms with E-state index in [9.17, 15) is 0 Å². The van der Waals surface area contributed by atoms with Crippen molar-refractivity contribution in [2.75, 3.05) is 0 Å². The van der Waals surface area contributed by atoms with Gasteiger partial charge in [-0.2, -0.15) is 5.10 Å². The molecule has 13 heavy (non-hydrogen) atoms. The zero-order chi connectivity index (χ0) is 9.84. The Morgan fingerprint density at radius 2 is 2.08 bits per heavy atom. The molecular formula is C7H13BN2O3. The molecule has 0 bridgehead atoms.